The van der Waals surface area contributed by atoms with Crippen LogP contribution in [0, 0.1) is 0 Å². The van der Waals surface area contributed by atoms with Crippen molar-refractivity contribution in [1.82, 2.24) is 9.78 Å². The van der Waals surface area contributed by atoms with Gasteiger partial charge in [-0.25, -0.2) is 4.79 Å². The van der Waals surface area contributed by atoms with Crippen LogP contribution in [0.1, 0.15) is 31.3 Å². The summed E-state index contributed by atoms with van der Waals surface area (Å²) in [6, 6.07) is 7.37. The number of rotatable bonds is 7. The predicted octanol–water partition coefficient (Wildman–Crippen LogP) is 1.99. The fraction of sp³-hybridized carbons (Fsp3) is 0.278. The number of benzene rings is 1. The molecule has 0 fully saturated rings. The van der Waals surface area contributed by atoms with Gasteiger partial charge in [-0.1, -0.05) is 23.7 Å². The average molecular weight is 393 g/mol. The maximum atomic E-state index is 12.5. The van der Waals surface area contributed by atoms with Crippen molar-refractivity contribution >= 4 is 29.1 Å². The smallest absolute Gasteiger partial charge is 0.362 e. The van der Waals surface area contributed by atoms with Crippen molar-refractivity contribution in [1.29, 1.82) is 0 Å². The number of halogens is 1. The van der Waals surface area contributed by atoms with Crippen LogP contribution in [0.4, 0.5) is 0 Å². The van der Waals surface area contributed by atoms with E-state index in [1.54, 1.807) is 31.2 Å². The minimum absolute atomic E-state index is 0.0496. The maximum Gasteiger partial charge on any atom is 0.362 e. The molecule has 0 unspecified atom stereocenters. The molecule has 1 aromatic carbocycles. The molecule has 0 amide bonds. The summed E-state index contributed by atoms with van der Waals surface area (Å²) < 4.78 is 11.2. The predicted molar refractivity (Wildman–Crippen MR) is 96.6 cm³/mol. The molecule has 2 rings (SSSR count). The molecule has 0 aliphatic rings. The molecule has 2 aromatic rings. The molecule has 142 valence electrons. The Hall–Kier alpha value is -3.00. The first-order valence-electron chi connectivity index (χ1n) is 8.00. The molecule has 9 heteroatoms. The highest BCUT2D eigenvalue weighted by molar-refractivity contribution is 6.32. The largest absolute Gasteiger partial charge is 0.472 e. The molecule has 0 saturated heterocycles. The third-order valence-corrected chi connectivity index (χ3v) is 3.75. The van der Waals surface area contributed by atoms with Gasteiger partial charge >= 0.3 is 5.97 Å². The van der Waals surface area contributed by atoms with Crippen LogP contribution in [0.2, 0.25) is 5.02 Å². The molecule has 0 atom stereocenters. The van der Waals surface area contributed by atoms with Crippen molar-refractivity contribution < 1.29 is 23.9 Å². The lowest BCUT2D eigenvalue weighted by atomic mass is 10.2. The molecule has 27 heavy (non-hydrogen) atoms. The minimum Gasteiger partial charge on any atom is -0.472 e. The van der Waals surface area contributed by atoms with Gasteiger partial charge in [0.25, 0.3) is 5.56 Å². The van der Waals surface area contributed by atoms with Crippen LogP contribution in [0.5, 0.6) is 5.75 Å². The number of hydrogen-bond acceptors (Lipinski definition) is 7. The molecular formula is C18H17ClN2O6. The summed E-state index contributed by atoms with van der Waals surface area (Å²) in [5, 5.41) is 4.23. The average Bonchev–Trinajstić information content (AvgIpc) is 2.60. The number of ketones is 2. The number of esters is 1. The summed E-state index contributed by atoms with van der Waals surface area (Å²) in [6.07, 6.45) is -1.46. The van der Waals surface area contributed by atoms with Crippen molar-refractivity contribution in [2.45, 2.75) is 26.9 Å². The molecule has 0 N–H and O–H groups in total. The van der Waals surface area contributed by atoms with E-state index in [0.717, 1.165) is 24.6 Å². The van der Waals surface area contributed by atoms with E-state index in [2.05, 4.69) is 5.10 Å². The van der Waals surface area contributed by atoms with Crippen LogP contribution >= 0.6 is 11.6 Å². The SMILES string of the molecule is CCOC(=O)c1nn(-c2ccccc2Cl)c(=O)cc1OC(C(C)=O)C(C)=O. The van der Waals surface area contributed by atoms with E-state index in [0.29, 0.717) is 0 Å². The van der Waals surface area contributed by atoms with E-state index in [1.807, 2.05) is 0 Å². The Labute approximate surface area is 159 Å². The Kier molecular flexibility index (Phi) is 6.46. The third-order valence-electron chi connectivity index (χ3n) is 3.43. The van der Waals surface area contributed by atoms with E-state index >= 15 is 0 Å². The van der Waals surface area contributed by atoms with E-state index in [1.165, 1.54) is 0 Å². The lowest BCUT2D eigenvalue weighted by Gasteiger charge is -2.16. The summed E-state index contributed by atoms with van der Waals surface area (Å²) in [4.78, 5) is 48.0. The van der Waals surface area contributed by atoms with Gasteiger partial charge in [-0.15, -0.1) is 0 Å². The molecule has 0 aliphatic carbocycles. The summed E-state index contributed by atoms with van der Waals surface area (Å²) >= 11 is 6.09. The highest BCUT2D eigenvalue weighted by atomic mass is 35.5. The first kappa shape index (κ1) is 20.3. The summed E-state index contributed by atoms with van der Waals surface area (Å²) in [5.41, 5.74) is -0.781. The van der Waals surface area contributed by atoms with Gasteiger partial charge in [-0.3, -0.25) is 14.4 Å². The normalized spacial score (nSPS) is 10.6. The van der Waals surface area contributed by atoms with Gasteiger partial charge in [0.15, 0.2) is 17.3 Å². The summed E-state index contributed by atoms with van der Waals surface area (Å²) in [7, 11) is 0. The van der Waals surface area contributed by atoms with Crippen LogP contribution in [0.15, 0.2) is 35.1 Å². The summed E-state index contributed by atoms with van der Waals surface area (Å²) in [5.74, 6) is -2.35. The molecule has 0 spiro atoms. The van der Waals surface area contributed by atoms with Crippen LogP contribution in [0.3, 0.4) is 0 Å². The molecule has 0 radical (unpaired) electrons. The Balaban J connectivity index is 2.64. The van der Waals surface area contributed by atoms with Crippen molar-refractivity contribution in [3.8, 4) is 11.4 Å². The van der Waals surface area contributed by atoms with E-state index < -0.39 is 29.2 Å². The number of ether oxygens (including phenoxy) is 2. The molecular weight excluding hydrogens is 376 g/mol. The van der Waals surface area contributed by atoms with E-state index in [-0.39, 0.29) is 28.8 Å². The Morgan fingerprint density at radius 3 is 2.37 bits per heavy atom. The van der Waals surface area contributed by atoms with Gasteiger partial charge in [-0.05, 0) is 32.9 Å². The molecule has 8 nitrogen and oxygen atoms in total. The first-order chi connectivity index (χ1) is 12.8. The minimum atomic E-state index is -1.46. The van der Waals surface area contributed by atoms with Gasteiger partial charge < -0.3 is 9.47 Å². The van der Waals surface area contributed by atoms with Gasteiger partial charge in [0, 0.05) is 0 Å². The van der Waals surface area contributed by atoms with Crippen molar-refractivity contribution in [3.05, 3.63) is 51.4 Å². The van der Waals surface area contributed by atoms with Crippen molar-refractivity contribution in [2.24, 2.45) is 0 Å². The fourth-order valence-corrected chi connectivity index (χ4v) is 2.46. The number of nitrogens with zero attached hydrogens (tertiary/aromatic N) is 2. The monoisotopic (exact) mass is 392 g/mol. The second-order valence-electron chi connectivity index (χ2n) is 5.50. The molecule has 0 bridgehead atoms. The van der Waals surface area contributed by atoms with Crippen LogP contribution in [-0.4, -0.2) is 40.0 Å². The molecule has 1 aromatic heterocycles. The lowest BCUT2D eigenvalue weighted by Crippen LogP contribution is -2.34. The standard InChI is InChI=1S/C18H17ClN2O6/c1-4-26-18(25)16-14(27-17(10(2)22)11(3)23)9-15(24)21(20-16)13-8-6-5-7-12(13)19/h5-9,17H,4H2,1-3H3. The van der Waals surface area contributed by atoms with Gasteiger partial charge in [0.2, 0.25) is 11.8 Å². The Morgan fingerprint density at radius 1 is 1.19 bits per heavy atom. The maximum absolute atomic E-state index is 12.5. The summed E-state index contributed by atoms with van der Waals surface area (Å²) in [6.45, 7) is 3.97. The highest BCUT2D eigenvalue weighted by Gasteiger charge is 2.27. The number of carbonyl (C=O) groups excluding carboxylic acids is 3. The first-order valence-corrected chi connectivity index (χ1v) is 8.38. The Morgan fingerprint density at radius 2 is 1.81 bits per heavy atom. The third kappa shape index (κ3) is 4.59. The fourth-order valence-electron chi connectivity index (χ4n) is 2.25. The zero-order valence-corrected chi connectivity index (χ0v) is 15.6. The van der Waals surface area contributed by atoms with Crippen LogP contribution in [0.25, 0.3) is 5.69 Å². The zero-order chi connectivity index (χ0) is 20.1. The van der Waals surface area contributed by atoms with Gasteiger partial charge in [-0.2, -0.15) is 9.78 Å². The number of hydrogen-bond donors (Lipinski definition) is 0. The Bertz CT molecular complexity index is 939. The van der Waals surface area contributed by atoms with Crippen LogP contribution < -0.4 is 10.3 Å². The lowest BCUT2D eigenvalue weighted by molar-refractivity contribution is -0.134. The number of aromatic nitrogens is 2. The number of Topliss-reactive ketones (excluding diaryl/α,β-unsaturated/α-hetero) is 2. The van der Waals surface area contributed by atoms with Gasteiger partial charge in [0.05, 0.1) is 23.4 Å². The second-order valence-corrected chi connectivity index (χ2v) is 5.91. The highest BCUT2D eigenvalue weighted by Crippen LogP contribution is 2.21. The number of para-hydroxylation sites is 1. The molecule has 0 saturated carbocycles. The van der Waals surface area contributed by atoms with Crippen molar-refractivity contribution in [3.63, 3.8) is 0 Å². The zero-order valence-electron chi connectivity index (χ0n) is 14.9. The van der Waals surface area contributed by atoms with Crippen molar-refractivity contribution in [2.75, 3.05) is 6.61 Å². The number of carbonyl (C=O) groups is 3. The van der Waals surface area contributed by atoms with E-state index in [4.69, 9.17) is 21.1 Å². The quantitative estimate of drug-likeness (QED) is 0.524. The van der Waals surface area contributed by atoms with Gasteiger partial charge in [0.1, 0.15) is 0 Å². The van der Waals surface area contributed by atoms with Crippen LogP contribution in [-0.2, 0) is 14.3 Å². The molecule has 1 heterocycles. The second kappa shape index (κ2) is 8.59. The topological polar surface area (TPSA) is 105 Å². The van der Waals surface area contributed by atoms with E-state index in [9.17, 15) is 19.2 Å². The molecule has 0 aliphatic heterocycles.